The molecule has 0 bridgehead atoms. The number of nitrogens with one attached hydrogen (secondary N) is 1. The van der Waals surface area contributed by atoms with Crippen LogP contribution < -0.4 is 5.32 Å². The smallest absolute Gasteiger partial charge is 0.257 e. The SMILES string of the molecule is CCNc1ncccc1C(=O)N(CC)CC(C)CC. The number of hydrogen-bond acceptors (Lipinski definition) is 3. The molecule has 19 heavy (non-hydrogen) atoms. The number of carbonyl (C=O) groups excluding carboxylic acids is 1. The Hall–Kier alpha value is -1.58. The number of nitrogens with zero attached hydrogens (tertiary/aromatic N) is 2. The summed E-state index contributed by atoms with van der Waals surface area (Å²) in [4.78, 5) is 18.7. The molecule has 0 radical (unpaired) electrons. The first-order valence-corrected chi connectivity index (χ1v) is 7.12. The van der Waals surface area contributed by atoms with Crippen LogP contribution in [0.1, 0.15) is 44.5 Å². The van der Waals surface area contributed by atoms with Gasteiger partial charge in [-0.15, -0.1) is 0 Å². The van der Waals surface area contributed by atoms with Crippen molar-refractivity contribution in [2.24, 2.45) is 5.92 Å². The van der Waals surface area contributed by atoms with Crippen molar-refractivity contribution >= 4 is 11.7 Å². The van der Waals surface area contributed by atoms with Crippen LogP contribution in [0.4, 0.5) is 5.82 Å². The molecular formula is C15H25N3O. The monoisotopic (exact) mass is 263 g/mol. The Morgan fingerprint density at radius 2 is 2.16 bits per heavy atom. The Morgan fingerprint density at radius 1 is 1.42 bits per heavy atom. The Bertz CT molecular complexity index is 406. The van der Waals surface area contributed by atoms with Gasteiger partial charge in [0.1, 0.15) is 5.82 Å². The second-order valence-electron chi connectivity index (χ2n) is 4.79. The summed E-state index contributed by atoms with van der Waals surface area (Å²) in [6.07, 6.45) is 2.79. The summed E-state index contributed by atoms with van der Waals surface area (Å²) in [6.45, 7) is 10.6. The lowest BCUT2D eigenvalue weighted by Gasteiger charge is -2.25. The molecule has 0 aliphatic carbocycles. The van der Waals surface area contributed by atoms with Gasteiger partial charge in [0.25, 0.3) is 5.91 Å². The zero-order chi connectivity index (χ0) is 14.3. The topological polar surface area (TPSA) is 45.2 Å². The second-order valence-corrected chi connectivity index (χ2v) is 4.79. The van der Waals surface area contributed by atoms with E-state index in [1.807, 2.05) is 30.9 Å². The molecule has 0 aliphatic heterocycles. The number of aromatic nitrogens is 1. The van der Waals surface area contributed by atoms with E-state index in [1.165, 1.54) is 0 Å². The lowest BCUT2D eigenvalue weighted by Crippen LogP contribution is -2.35. The van der Waals surface area contributed by atoms with Crippen molar-refractivity contribution in [3.8, 4) is 0 Å². The number of carbonyl (C=O) groups is 1. The molecule has 0 saturated heterocycles. The Labute approximate surface area is 116 Å². The number of rotatable bonds is 7. The standard InChI is InChI=1S/C15H25N3O/c1-5-12(4)11-18(7-3)15(19)13-9-8-10-17-14(13)16-6-2/h8-10,12H,5-7,11H2,1-4H3,(H,16,17). The van der Waals surface area contributed by atoms with Crippen LogP contribution in [0, 0.1) is 5.92 Å². The normalized spacial score (nSPS) is 12.0. The maximum Gasteiger partial charge on any atom is 0.257 e. The third-order valence-electron chi connectivity index (χ3n) is 3.28. The van der Waals surface area contributed by atoms with E-state index in [2.05, 4.69) is 24.1 Å². The molecule has 106 valence electrons. The summed E-state index contributed by atoms with van der Waals surface area (Å²) in [5.41, 5.74) is 0.662. The van der Waals surface area contributed by atoms with Crippen LogP contribution >= 0.6 is 0 Å². The Kier molecular flexibility index (Phi) is 6.33. The molecular weight excluding hydrogens is 238 g/mol. The van der Waals surface area contributed by atoms with E-state index in [0.29, 0.717) is 17.3 Å². The van der Waals surface area contributed by atoms with Gasteiger partial charge in [0.15, 0.2) is 0 Å². The molecule has 1 rings (SSSR count). The first kappa shape index (κ1) is 15.5. The maximum absolute atomic E-state index is 12.6. The highest BCUT2D eigenvalue weighted by molar-refractivity contribution is 5.98. The van der Waals surface area contributed by atoms with E-state index < -0.39 is 0 Å². The first-order chi connectivity index (χ1) is 9.13. The molecule has 1 amide bonds. The van der Waals surface area contributed by atoms with E-state index in [-0.39, 0.29) is 5.91 Å². The maximum atomic E-state index is 12.6. The van der Waals surface area contributed by atoms with Crippen LogP contribution in [0.2, 0.25) is 0 Å². The third-order valence-corrected chi connectivity index (χ3v) is 3.28. The minimum Gasteiger partial charge on any atom is -0.370 e. The Morgan fingerprint density at radius 3 is 2.74 bits per heavy atom. The summed E-state index contributed by atoms with van der Waals surface area (Å²) < 4.78 is 0. The molecule has 0 aromatic carbocycles. The molecule has 0 fully saturated rings. The third kappa shape index (κ3) is 4.23. The van der Waals surface area contributed by atoms with Gasteiger partial charge in [0.05, 0.1) is 5.56 Å². The van der Waals surface area contributed by atoms with Crippen LogP contribution in [-0.2, 0) is 0 Å². The highest BCUT2D eigenvalue weighted by Gasteiger charge is 2.19. The van der Waals surface area contributed by atoms with E-state index >= 15 is 0 Å². The fourth-order valence-corrected chi connectivity index (χ4v) is 1.92. The van der Waals surface area contributed by atoms with Gasteiger partial charge < -0.3 is 10.2 Å². The zero-order valence-corrected chi connectivity index (χ0v) is 12.4. The average molecular weight is 263 g/mol. The van der Waals surface area contributed by atoms with E-state index in [4.69, 9.17) is 0 Å². The number of hydrogen-bond donors (Lipinski definition) is 1. The quantitative estimate of drug-likeness (QED) is 0.822. The highest BCUT2D eigenvalue weighted by Crippen LogP contribution is 2.15. The molecule has 1 N–H and O–H groups in total. The van der Waals surface area contributed by atoms with Crippen molar-refractivity contribution in [1.82, 2.24) is 9.88 Å². The fraction of sp³-hybridized carbons (Fsp3) is 0.600. The van der Waals surface area contributed by atoms with Gasteiger partial charge >= 0.3 is 0 Å². The fourth-order valence-electron chi connectivity index (χ4n) is 1.92. The van der Waals surface area contributed by atoms with Crippen molar-refractivity contribution in [1.29, 1.82) is 0 Å². The molecule has 0 aliphatic rings. The molecule has 0 spiro atoms. The van der Waals surface area contributed by atoms with Crippen molar-refractivity contribution in [3.05, 3.63) is 23.9 Å². The summed E-state index contributed by atoms with van der Waals surface area (Å²) in [6, 6.07) is 3.65. The predicted octanol–water partition coefficient (Wildman–Crippen LogP) is 3.02. The van der Waals surface area contributed by atoms with E-state index in [1.54, 1.807) is 6.20 Å². The lowest BCUT2D eigenvalue weighted by molar-refractivity contribution is 0.0741. The number of amides is 1. The van der Waals surface area contributed by atoms with Gasteiger partial charge in [-0.25, -0.2) is 4.98 Å². The van der Waals surface area contributed by atoms with Crippen molar-refractivity contribution in [3.63, 3.8) is 0 Å². The summed E-state index contributed by atoms with van der Waals surface area (Å²) in [7, 11) is 0. The van der Waals surface area contributed by atoms with Gasteiger partial charge in [-0.1, -0.05) is 20.3 Å². The van der Waals surface area contributed by atoms with Gasteiger partial charge in [-0.2, -0.15) is 0 Å². The number of anilines is 1. The number of pyridine rings is 1. The van der Waals surface area contributed by atoms with Crippen LogP contribution in [0.25, 0.3) is 0 Å². The lowest BCUT2D eigenvalue weighted by atomic mass is 10.1. The highest BCUT2D eigenvalue weighted by atomic mass is 16.2. The van der Waals surface area contributed by atoms with Crippen LogP contribution in [0.15, 0.2) is 18.3 Å². The van der Waals surface area contributed by atoms with Gasteiger partial charge in [-0.3, -0.25) is 4.79 Å². The average Bonchev–Trinajstić information content (AvgIpc) is 2.44. The first-order valence-electron chi connectivity index (χ1n) is 7.12. The second kappa shape index (κ2) is 7.77. The van der Waals surface area contributed by atoms with Crippen molar-refractivity contribution in [2.45, 2.75) is 34.1 Å². The predicted molar refractivity (Wildman–Crippen MR) is 79.4 cm³/mol. The van der Waals surface area contributed by atoms with E-state index in [0.717, 1.165) is 26.1 Å². The molecule has 1 unspecified atom stereocenters. The van der Waals surface area contributed by atoms with Crippen LogP contribution in [-0.4, -0.2) is 35.4 Å². The van der Waals surface area contributed by atoms with E-state index in [9.17, 15) is 4.79 Å². The minimum atomic E-state index is 0.0619. The largest absolute Gasteiger partial charge is 0.370 e. The molecule has 1 aromatic heterocycles. The van der Waals surface area contributed by atoms with Gasteiger partial charge in [-0.05, 0) is 31.9 Å². The van der Waals surface area contributed by atoms with Crippen LogP contribution in [0.3, 0.4) is 0 Å². The molecule has 0 saturated carbocycles. The summed E-state index contributed by atoms with van der Waals surface area (Å²) in [5, 5.41) is 3.14. The van der Waals surface area contributed by atoms with Crippen molar-refractivity contribution < 1.29 is 4.79 Å². The molecule has 1 atom stereocenters. The molecule has 1 heterocycles. The Balaban J connectivity index is 2.90. The summed E-state index contributed by atoms with van der Waals surface area (Å²) >= 11 is 0. The van der Waals surface area contributed by atoms with Gasteiger partial charge in [0.2, 0.25) is 0 Å². The molecule has 1 aromatic rings. The van der Waals surface area contributed by atoms with Crippen molar-refractivity contribution in [2.75, 3.05) is 25.0 Å². The zero-order valence-electron chi connectivity index (χ0n) is 12.4. The van der Waals surface area contributed by atoms with Gasteiger partial charge in [0, 0.05) is 25.8 Å². The minimum absolute atomic E-state index is 0.0619. The molecule has 4 heteroatoms. The summed E-state index contributed by atoms with van der Waals surface area (Å²) in [5.74, 6) is 1.26. The molecule has 4 nitrogen and oxygen atoms in total. The van der Waals surface area contributed by atoms with Crippen LogP contribution in [0.5, 0.6) is 0 Å².